The van der Waals surface area contributed by atoms with Crippen LogP contribution < -0.4 is 4.74 Å². The number of hydrogen-bond acceptors (Lipinski definition) is 5. The first-order valence-corrected chi connectivity index (χ1v) is 10.9. The minimum atomic E-state index is 0.0571. The number of fused-ring (bicyclic) bond motifs is 1. The second-order valence-electron chi connectivity index (χ2n) is 7.18. The predicted octanol–water partition coefficient (Wildman–Crippen LogP) is 4.22. The Morgan fingerprint density at radius 1 is 1.10 bits per heavy atom. The first-order chi connectivity index (χ1) is 14.7. The maximum atomic E-state index is 12.5. The third kappa shape index (κ3) is 5.14. The van der Waals surface area contributed by atoms with Crippen molar-refractivity contribution in [3.05, 3.63) is 77.8 Å². The van der Waals surface area contributed by atoms with Crippen molar-refractivity contribution in [1.29, 1.82) is 0 Å². The zero-order valence-electron chi connectivity index (χ0n) is 16.9. The highest BCUT2D eigenvalue weighted by Crippen LogP contribution is 2.23. The number of piperazine rings is 1. The van der Waals surface area contributed by atoms with Crippen LogP contribution in [0.3, 0.4) is 0 Å². The van der Waals surface area contributed by atoms with Gasteiger partial charge in [-0.1, -0.05) is 36.9 Å². The van der Waals surface area contributed by atoms with Crippen molar-refractivity contribution in [1.82, 2.24) is 14.8 Å². The minimum Gasteiger partial charge on any atom is -0.490 e. The van der Waals surface area contributed by atoms with E-state index in [1.54, 1.807) is 23.5 Å². The van der Waals surface area contributed by atoms with Crippen molar-refractivity contribution in [3.63, 3.8) is 0 Å². The minimum absolute atomic E-state index is 0.0571. The Hall–Kier alpha value is -2.96. The van der Waals surface area contributed by atoms with E-state index in [0.717, 1.165) is 54.6 Å². The van der Waals surface area contributed by atoms with Crippen LogP contribution in [0, 0.1) is 0 Å². The molecule has 1 saturated heterocycles. The Kier molecular flexibility index (Phi) is 6.57. The molecule has 3 aromatic rings. The van der Waals surface area contributed by atoms with E-state index in [9.17, 15) is 4.79 Å². The van der Waals surface area contributed by atoms with E-state index in [1.807, 2.05) is 47.4 Å². The Labute approximate surface area is 180 Å². The van der Waals surface area contributed by atoms with Gasteiger partial charge in [-0.05, 0) is 35.9 Å². The Bertz CT molecular complexity index is 1000. The Balaban J connectivity index is 1.26. The molecule has 5 nitrogen and oxygen atoms in total. The topological polar surface area (TPSA) is 45.7 Å². The van der Waals surface area contributed by atoms with E-state index in [4.69, 9.17) is 9.72 Å². The molecule has 30 heavy (non-hydrogen) atoms. The summed E-state index contributed by atoms with van der Waals surface area (Å²) in [4.78, 5) is 21.5. The Morgan fingerprint density at radius 2 is 1.87 bits per heavy atom. The first kappa shape index (κ1) is 20.3. The lowest BCUT2D eigenvalue weighted by Crippen LogP contribution is -2.47. The molecule has 1 fully saturated rings. The lowest BCUT2D eigenvalue weighted by Gasteiger charge is -2.33. The summed E-state index contributed by atoms with van der Waals surface area (Å²) in [6, 6.07) is 15.9. The van der Waals surface area contributed by atoms with Crippen LogP contribution in [0.25, 0.3) is 16.3 Å². The van der Waals surface area contributed by atoms with Crippen LogP contribution in [0.1, 0.15) is 10.6 Å². The van der Waals surface area contributed by atoms with Crippen LogP contribution in [-0.2, 0) is 11.3 Å². The van der Waals surface area contributed by atoms with E-state index in [0.29, 0.717) is 6.61 Å². The Morgan fingerprint density at radius 3 is 2.60 bits per heavy atom. The SMILES string of the molecule is C=CCOc1ccc(/C=C/C(=O)N2CCN(Cc3nc4ccccc4s3)CC2)cc1. The van der Waals surface area contributed by atoms with Crippen molar-refractivity contribution < 1.29 is 9.53 Å². The van der Waals surface area contributed by atoms with E-state index in [-0.39, 0.29) is 5.91 Å². The average Bonchev–Trinajstić information content (AvgIpc) is 3.19. The summed E-state index contributed by atoms with van der Waals surface area (Å²) < 4.78 is 6.70. The van der Waals surface area contributed by atoms with Gasteiger partial charge in [0.15, 0.2) is 0 Å². The highest BCUT2D eigenvalue weighted by atomic mass is 32.1. The lowest BCUT2D eigenvalue weighted by molar-refractivity contribution is -0.127. The maximum Gasteiger partial charge on any atom is 0.246 e. The molecule has 0 aliphatic carbocycles. The van der Waals surface area contributed by atoms with E-state index in [2.05, 4.69) is 23.6 Å². The van der Waals surface area contributed by atoms with Crippen LogP contribution in [0.5, 0.6) is 5.75 Å². The monoisotopic (exact) mass is 419 g/mol. The number of carbonyl (C=O) groups excluding carboxylic acids is 1. The first-order valence-electron chi connectivity index (χ1n) is 10.1. The summed E-state index contributed by atoms with van der Waals surface area (Å²) in [5.41, 5.74) is 2.04. The number of hydrogen-bond donors (Lipinski definition) is 0. The van der Waals surface area contributed by atoms with E-state index >= 15 is 0 Å². The van der Waals surface area contributed by atoms with Gasteiger partial charge in [-0.15, -0.1) is 11.3 Å². The van der Waals surface area contributed by atoms with E-state index in [1.165, 1.54) is 4.70 Å². The van der Waals surface area contributed by atoms with Crippen LogP contribution in [-0.4, -0.2) is 53.5 Å². The van der Waals surface area contributed by atoms with Crippen molar-refractivity contribution in [2.24, 2.45) is 0 Å². The van der Waals surface area contributed by atoms with Gasteiger partial charge in [0.2, 0.25) is 5.91 Å². The summed E-state index contributed by atoms with van der Waals surface area (Å²) in [5, 5.41) is 1.14. The summed E-state index contributed by atoms with van der Waals surface area (Å²) >= 11 is 1.75. The molecule has 1 aliphatic rings. The highest BCUT2D eigenvalue weighted by Gasteiger charge is 2.20. The number of thiazole rings is 1. The number of para-hydroxylation sites is 1. The molecular formula is C24H25N3O2S. The molecule has 0 atom stereocenters. The molecule has 1 aliphatic heterocycles. The van der Waals surface area contributed by atoms with Gasteiger partial charge in [0.05, 0.1) is 16.8 Å². The molecular weight excluding hydrogens is 394 g/mol. The summed E-state index contributed by atoms with van der Waals surface area (Å²) in [5.74, 6) is 0.851. The average molecular weight is 420 g/mol. The fourth-order valence-corrected chi connectivity index (χ4v) is 4.42. The zero-order chi connectivity index (χ0) is 20.8. The van der Waals surface area contributed by atoms with Crippen molar-refractivity contribution >= 4 is 33.5 Å². The largest absolute Gasteiger partial charge is 0.490 e. The quantitative estimate of drug-likeness (QED) is 0.425. The van der Waals surface area contributed by atoms with Gasteiger partial charge in [-0.25, -0.2) is 4.98 Å². The second kappa shape index (κ2) is 9.69. The number of nitrogens with zero attached hydrogens (tertiary/aromatic N) is 3. The standard InChI is InChI=1S/C24H25N3O2S/c1-2-17-29-20-10-7-19(8-11-20)9-12-24(28)27-15-13-26(14-16-27)18-23-25-21-5-3-4-6-22(21)30-23/h2-12H,1,13-18H2/b12-9+. The molecule has 0 bridgehead atoms. The van der Waals surface area contributed by atoms with Crippen molar-refractivity contribution in [3.8, 4) is 5.75 Å². The fourth-order valence-electron chi connectivity index (χ4n) is 3.41. The molecule has 2 heterocycles. The summed E-state index contributed by atoms with van der Waals surface area (Å²) in [6.45, 7) is 8.18. The third-order valence-corrected chi connectivity index (χ3v) is 6.07. The third-order valence-electron chi connectivity index (χ3n) is 5.05. The maximum absolute atomic E-state index is 12.5. The molecule has 4 rings (SSSR count). The van der Waals surface area contributed by atoms with Crippen molar-refractivity contribution in [2.45, 2.75) is 6.54 Å². The van der Waals surface area contributed by atoms with Crippen molar-refractivity contribution in [2.75, 3.05) is 32.8 Å². The normalized spacial score (nSPS) is 15.0. The molecule has 1 aromatic heterocycles. The van der Waals surface area contributed by atoms with Gasteiger partial charge in [0, 0.05) is 32.3 Å². The molecule has 2 aromatic carbocycles. The summed E-state index contributed by atoms with van der Waals surface area (Å²) in [7, 11) is 0. The number of rotatable bonds is 7. The van der Waals surface area contributed by atoms with Gasteiger partial charge in [-0.2, -0.15) is 0 Å². The number of ether oxygens (including phenoxy) is 1. The molecule has 0 N–H and O–H groups in total. The molecule has 154 valence electrons. The summed E-state index contributed by atoms with van der Waals surface area (Å²) in [6.07, 6.45) is 5.22. The molecule has 6 heteroatoms. The zero-order valence-corrected chi connectivity index (χ0v) is 17.7. The molecule has 1 amide bonds. The second-order valence-corrected chi connectivity index (χ2v) is 8.29. The number of aromatic nitrogens is 1. The fraction of sp³-hybridized carbons (Fsp3) is 0.250. The van der Waals surface area contributed by atoms with Crippen LogP contribution in [0.4, 0.5) is 0 Å². The van der Waals surface area contributed by atoms with Crippen LogP contribution in [0.2, 0.25) is 0 Å². The molecule has 0 radical (unpaired) electrons. The number of amides is 1. The number of carbonyl (C=O) groups is 1. The van der Waals surface area contributed by atoms with Gasteiger partial charge >= 0.3 is 0 Å². The van der Waals surface area contributed by atoms with Gasteiger partial charge < -0.3 is 9.64 Å². The lowest BCUT2D eigenvalue weighted by atomic mass is 10.2. The van der Waals surface area contributed by atoms with Gasteiger partial charge in [0.1, 0.15) is 17.4 Å². The van der Waals surface area contributed by atoms with E-state index < -0.39 is 0 Å². The van der Waals surface area contributed by atoms with Gasteiger partial charge in [-0.3, -0.25) is 9.69 Å². The molecule has 0 spiro atoms. The smallest absolute Gasteiger partial charge is 0.246 e. The van der Waals surface area contributed by atoms with Crippen LogP contribution in [0.15, 0.2) is 67.3 Å². The molecule has 0 saturated carbocycles. The highest BCUT2D eigenvalue weighted by molar-refractivity contribution is 7.18. The van der Waals surface area contributed by atoms with Gasteiger partial charge in [0.25, 0.3) is 0 Å². The number of benzene rings is 2. The molecule has 0 unspecified atom stereocenters. The predicted molar refractivity (Wildman–Crippen MR) is 123 cm³/mol. The van der Waals surface area contributed by atoms with Crippen LogP contribution >= 0.6 is 11.3 Å².